The molecule has 0 atom stereocenters. The first-order valence-corrected chi connectivity index (χ1v) is 7.25. The highest BCUT2D eigenvalue weighted by molar-refractivity contribution is 9.10. The Labute approximate surface area is 128 Å². The van der Waals surface area contributed by atoms with Gasteiger partial charge in [0.25, 0.3) is 5.91 Å². The molecule has 1 heterocycles. The first-order valence-electron chi connectivity index (χ1n) is 5.66. The fourth-order valence-electron chi connectivity index (χ4n) is 1.72. The van der Waals surface area contributed by atoms with Gasteiger partial charge in [0, 0.05) is 24.1 Å². The van der Waals surface area contributed by atoms with E-state index >= 15 is 0 Å². The number of carbonyl (C=O) groups excluding carboxylic acids is 1. The Morgan fingerprint density at radius 2 is 1.95 bits per heavy atom. The third kappa shape index (κ3) is 3.25. The summed E-state index contributed by atoms with van der Waals surface area (Å²) in [5.74, 6) is -0.0133. The number of halogens is 2. The molecule has 1 aromatic carbocycles. The van der Waals surface area contributed by atoms with Gasteiger partial charge in [-0.2, -0.15) is 5.10 Å². The molecule has 19 heavy (non-hydrogen) atoms. The van der Waals surface area contributed by atoms with Crippen LogP contribution in [-0.4, -0.2) is 27.6 Å². The average Bonchev–Trinajstić information content (AvgIpc) is 2.70. The number of carbonyl (C=O) groups is 1. The largest absolute Gasteiger partial charge is 0.336 e. The summed E-state index contributed by atoms with van der Waals surface area (Å²) in [5.41, 5.74) is 1.64. The number of rotatable bonds is 3. The van der Waals surface area contributed by atoms with Crippen molar-refractivity contribution < 1.29 is 4.79 Å². The Kier molecular flexibility index (Phi) is 4.42. The predicted octanol–water partition coefficient (Wildman–Crippen LogP) is 3.22. The van der Waals surface area contributed by atoms with Crippen LogP contribution in [0.15, 0.2) is 39.4 Å². The zero-order chi connectivity index (χ0) is 14.0. The molecule has 0 radical (unpaired) electrons. The van der Waals surface area contributed by atoms with Crippen molar-refractivity contribution in [3.63, 3.8) is 0 Å². The Bertz CT molecular complexity index is 573. The standard InChI is InChI=1S/C13H13Br2N3O/c1-17(8-12-11(15)7-16-18(12)2)13(19)9-3-5-10(14)6-4-9/h3-7H,8H2,1-2H3. The summed E-state index contributed by atoms with van der Waals surface area (Å²) in [5, 5.41) is 4.14. The number of amides is 1. The van der Waals surface area contributed by atoms with Crippen molar-refractivity contribution in [1.82, 2.24) is 14.7 Å². The molecular weight excluding hydrogens is 374 g/mol. The third-order valence-electron chi connectivity index (χ3n) is 2.84. The highest BCUT2D eigenvalue weighted by Crippen LogP contribution is 2.18. The lowest BCUT2D eigenvalue weighted by Crippen LogP contribution is -2.27. The normalized spacial score (nSPS) is 10.5. The number of aryl methyl sites for hydroxylation is 1. The van der Waals surface area contributed by atoms with Crippen molar-refractivity contribution >= 4 is 37.8 Å². The summed E-state index contributed by atoms with van der Waals surface area (Å²) in [7, 11) is 3.64. The quantitative estimate of drug-likeness (QED) is 0.812. The lowest BCUT2D eigenvalue weighted by Gasteiger charge is -2.17. The Balaban J connectivity index is 2.14. The van der Waals surface area contributed by atoms with Crippen molar-refractivity contribution in [2.24, 2.45) is 7.05 Å². The second kappa shape index (κ2) is 5.88. The molecule has 0 unspecified atom stereocenters. The highest BCUT2D eigenvalue weighted by Gasteiger charge is 2.15. The maximum absolute atomic E-state index is 12.3. The lowest BCUT2D eigenvalue weighted by atomic mass is 10.2. The number of hydrogen-bond donors (Lipinski definition) is 0. The number of hydrogen-bond acceptors (Lipinski definition) is 2. The predicted molar refractivity (Wildman–Crippen MR) is 80.8 cm³/mol. The molecule has 4 nitrogen and oxygen atoms in total. The Morgan fingerprint density at radius 1 is 1.32 bits per heavy atom. The number of benzene rings is 1. The molecule has 1 aromatic heterocycles. The summed E-state index contributed by atoms with van der Waals surface area (Å²) in [6, 6.07) is 7.34. The van der Waals surface area contributed by atoms with E-state index in [1.54, 1.807) is 35.0 Å². The van der Waals surface area contributed by atoms with Gasteiger partial charge in [0.15, 0.2) is 0 Å². The van der Waals surface area contributed by atoms with E-state index in [1.165, 1.54) is 0 Å². The zero-order valence-corrected chi connectivity index (χ0v) is 13.8. The molecule has 0 saturated carbocycles. The fourth-order valence-corrected chi connectivity index (χ4v) is 2.46. The molecule has 0 saturated heterocycles. The van der Waals surface area contributed by atoms with E-state index in [0.29, 0.717) is 12.1 Å². The molecule has 0 aliphatic heterocycles. The molecule has 2 rings (SSSR count). The van der Waals surface area contributed by atoms with Gasteiger partial charge in [-0.15, -0.1) is 0 Å². The molecule has 0 N–H and O–H groups in total. The third-order valence-corrected chi connectivity index (χ3v) is 4.03. The van der Waals surface area contributed by atoms with Crippen molar-refractivity contribution in [3.8, 4) is 0 Å². The second-order valence-electron chi connectivity index (χ2n) is 4.23. The maximum Gasteiger partial charge on any atom is 0.253 e. The van der Waals surface area contributed by atoms with Crippen LogP contribution < -0.4 is 0 Å². The molecule has 2 aromatic rings. The SMILES string of the molecule is CN(Cc1c(Br)cnn1C)C(=O)c1ccc(Br)cc1. The van der Waals surface area contributed by atoms with E-state index in [4.69, 9.17) is 0 Å². The van der Waals surface area contributed by atoms with Crippen LogP contribution in [-0.2, 0) is 13.6 Å². The lowest BCUT2D eigenvalue weighted by molar-refractivity contribution is 0.0781. The Hall–Kier alpha value is -1.14. The summed E-state index contributed by atoms with van der Waals surface area (Å²) in [6.45, 7) is 0.506. The minimum atomic E-state index is -0.0133. The maximum atomic E-state index is 12.3. The summed E-state index contributed by atoms with van der Waals surface area (Å²) in [4.78, 5) is 13.9. The molecular formula is C13H13Br2N3O. The van der Waals surface area contributed by atoms with Crippen LogP contribution in [0.25, 0.3) is 0 Å². The topological polar surface area (TPSA) is 38.1 Å². The molecule has 1 amide bonds. The van der Waals surface area contributed by atoms with Crippen LogP contribution in [0.4, 0.5) is 0 Å². The van der Waals surface area contributed by atoms with E-state index in [0.717, 1.165) is 14.6 Å². The van der Waals surface area contributed by atoms with Crippen LogP contribution in [0.5, 0.6) is 0 Å². The summed E-state index contributed by atoms with van der Waals surface area (Å²) >= 11 is 6.79. The molecule has 0 aliphatic rings. The second-order valence-corrected chi connectivity index (χ2v) is 6.00. The molecule has 100 valence electrons. The van der Waals surface area contributed by atoms with E-state index in [1.807, 2.05) is 19.2 Å². The van der Waals surface area contributed by atoms with Gasteiger partial charge in [-0.1, -0.05) is 15.9 Å². The van der Waals surface area contributed by atoms with E-state index in [-0.39, 0.29) is 5.91 Å². The monoisotopic (exact) mass is 385 g/mol. The van der Waals surface area contributed by atoms with Gasteiger partial charge in [-0.25, -0.2) is 0 Å². The van der Waals surface area contributed by atoms with Gasteiger partial charge >= 0.3 is 0 Å². The van der Waals surface area contributed by atoms with Gasteiger partial charge in [-0.3, -0.25) is 9.48 Å². The van der Waals surface area contributed by atoms with Crippen LogP contribution in [0.3, 0.4) is 0 Å². The average molecular weight is 387 g/mol. The van der Waals surface area contributed by atoms with E-state index in [2.05, 4.69) is 37.0 Å². The molecule has 0 bridgehead atoms. The summed E-state index contributed by atoms with van der Waals surface area (Å²) in [6.07, 6.45) is 1.73. The highest BCUT2D eigenvalue weighted by atomic mass is 79.9. The van der Waals surface area contributed by atoms with Gasteiger partial charge in [0.05, 0.1) is 22.9 Å². The molecule has 0 spiro atoms. The zero-order valence-electron chi connectivity index (χ0n) is 10.6. The molecule has 6 heteroatoms. The van der Waals surface area contributed by atoms with Crippen molar-refractivity contribution in [3.05, 3.63) is 50.7 Å². The Morgan fingerprint density at radius 3 is 2.47 bits per heavy atom. The van der Waals surface area contributed by atoms with Crippen LogP contribution in [0.2, 0.25) is 0 Å². The van der Waals surface area contributed by atoms with Crippen molar-refractivity contribution in [2.45, 2.75) is 6.54 Å². The van der Waals surface area contributed by atoms with Crippen LogP contribution in [0.1, 0.15) is 16.1 Å². The minimum absolute atomic E-state index is 0.0133. The first-order chi connectivity index (χ1) is 8.99. The van der Waals surface area contributed by atoms with E-state index in [9.17, 15) is 4.79 Å². The molecule has 0 aliphatic carbocycles. The van der Waals surface area contributed by atoms with Crippen molar-refractivity contribution in [1.29, 1.82) is 0 Å². The van der Waals surface area contributed by atoms with Crippen LogP contribution in [0, 0.1) is 0 Å². The van der Waals surface area contributed by atoms with Gasteiger partial charge in [0.1, 0.15) is 0 Å². The summed E-state index contributed by atoms with van der Waals surface area (Å²) < 4.78 is 3.63. The number of aromatic nitrogens is 2. The smallest absolute Gasteiger partial charge is 0.253 e. The van der Waals surface area contributed by atoms with Gasteiger partial charge in [0.2, 0.25) is 0 Å². The molecule has 0 fully saturated rings. The van der Waals surface area contributed by atoms with Crippen LogP contribution >= 0.6 is 31.9 Å². The first kappa shape index (κ1) is 14.3. The van der Waals surface area contributed by atoms with Gasteiger partial charge in [-0.05, 0) is 40.2 Å². The van der Waals surface area contributed by atoms with E-state index < -0.39 is 0 Å². The van der Waals surface area contributed by atoms with Gasteiger partial charge < -0.3 is 4.90 Å². The fraction of sp³-hybridized carbons (Fsp3) is 0.231. The van der Waals surface area contributed by atoms with Crippen molar-refractivity contribution in [2.75, 3.05) is 7.05 Å². The minimum Gasteiger partial charge on any atom is -0.336 e. The number of nitrogens with zero attached hydrogens (tertiary/aromatic N) is 3.